The monoisotopic (exact) mass is 467 g/mol. The molecule has 0 unspecified atom stereocenters. The van der Waals surface area contributed by atoms with Gasteiger partial charge in [0.2, 0.25) is 5.91 Å². The van der Waals surface area contributed by atoms with Crippen molar-refractivity contribution in [2.45, 2.75) is 38.1 Å². The van der Waals surface area contributed by atoms with Crippen LogP contribution < -0.4 is 15.5 Å². The normalized spacial score (nSPS) is 15.4. The van der Waals surface area contributed by atoms with E-state index in [1.165, 1.54) is 0 Å². The van der Waals surface area contributed by atoms with Crippen LogP contribution in [0.4, 0.5) is 16.2 Å². The number of benzene rings is 1. The quantitative estimate of drug-likeness (QED) is 0.633. The molecule has 9 heteroatoms. The van der Waals surface area contributed by atoms with Crippen LogP contribution in [0.2, 0.25) is 0 Å². The molecule has 2 N–H and O–H groups in total. The number of likely N-dealkylation sites (tertiary alicyclic amines) is 1. The minimum absolute atomic E-state index is 0.167. The number of anilines is 2. The first kappa shape index (κ1) is 23.1. The highest BCUT2D eigenvalue weighted by Crippen LogP contribution is 2.36. The number of urea groups is 1. The van der Waals surface area contributed by atoms with E-state index in [0.29, 0.717) is 37.3 Å². The highest BCUT2D eigenvalue weighted by molar-refractivity contribution is 7.99. The molecule has 2 aliphatic heterocycles. The lowest BCUT2D eigenvalue weighted by Gasteiger charge is -2.30. The van der Waals surface area contributed by atoms with Gasteiger partial charge in [-0.2, -0.15) is 0 Å². The Labute approximate surface area is 198 Å². The van der Waals surface area contributed by atoms with Gasteiger partial charge in [0, 0.05) is 55.3 Å². The van der Waals surface area contributed by atoms with Gasteiger partial charge in [0.05, 0.1) is 5.69 Å². The zero-order valence-corrected chi connectivity index (χ0v) is 19.8. The number of nitrogens with one attached hydrogen (secondary N) is 2. The van der Waals surface area contributed by atoms with Crippen molar-refractivity contribution in [3.63, 3.8) is 0 Å². The minimum Gasteiger partial charge on any atom is -0.352 e. The van der Waals surface area contributed by atoms with E-state index in [9.17, 15) is 14.4 Å². The third-order valence-electron chi connectivity index (χ3n) is 5.81. The zero-order valence-electron chi connectivity index (χ0n) is 19.0. The van der Waals surface area contributed by atoms with E-state index >= 15 is 0 Å². The van der Waals surface area contributed by atoms with Gasteiger partial charge in [-0.05, 0) is 62.6 Å². The van der Waals surface area contributed by atoms with Crippen molar-refractivity contribution >= 4 is 41.0 Å². The van der Waals surface area contributed by atoms with Crippen LogP contribution in [0.25, 0.3) is 0 Å². The first-order chi connectivity index (χ1) is 15.9. The lowest BCUT2D eigenvalue weighted by Crippen LogP contribution is -2.39. The maximum absolute atomic E-state index is 13.0. The number of carbonyl (C=O) groups excluding carboxylic acids is 3. The number of hydrogen-bond acceptors (Lipinski definition) is 5. The lowest BCUT2D eigenvalue weighted by atomic mass is 10.2. The van der Waals surface area contributed by atoms with Crippen LogP contribution >= 0.6 is 11.8 Å². The summed E-state index contributed by atoms with van der Waals surface area (Å²) in [5, 5.41) is 6.70. The van der Waals surface area contributed by atoms with E-state index in [1.807, 2.05) is 24.8 Å². The summed E-state index contributed by atoms with van der Waals surface area (Å²) in [6, 6.07) is 8.64. The number of pyridine rings is 1. The van der Waals surface area contributed by atoms with Crippen LogP contribution in [0.3, 0.4) is 0 Å². The summed E-state index contributed by atoms with van der Waals surface area (Å²) in [5.74, 6) is 0.827. The summed E-state index contributed by atoms with van der Waals surface area (Å²) in [7, 11) is 0. The molecule has 2 aliphatic rings. The summed E-state index contributed by atoms with van der Waals surface area (Å²) >= 11 is 1.67. The van der Waals surface area contributed by atoms with Gasteiger partial charge in [-0.25, -0.2) is 9.78 Å². The second kappa shape index (κ2) is 10.2. The Balaban J connectivity index is 1.30. The van der Waals surface area contributed by atoms with E-state index in [-0.39, 0.29) is 17.8 Å². The Kier molecular flexibility index (Phi) is 7.17. The number of carbonyl (C=O) groups is 3. The molecule has 0 aliphatic carbocycles. The average molecular weight is 468 g/mol. The van der Waals surface area contributed by atoms with Gasteiger partial charge < -0.3 is 15.5 Å². The topological polar surface area (TPSA) is 94.6 Å². The molecule has 174 valence electrons. The summed E-state index contributed by atoms with van der Waals surface area (Å²) in [5.41, 5.74) is 3.99. The predicted molar refractivity (Wildman–Crippen MR) is 130 cm³/mol. The molecular formula is C24H29N5O3S. The van der Waals surface area contributed by atoms with Crippen molar-refractivity contribution < 1.29 is 14.4 Å². The summed E-state index contributed by atoms with van der Waals surface area (Å²) in [4.78, 5) is 45.1. The molecule has 2 aromatic rings. The van der Waals surface area contributed by atoms with Crippen LogP contribution in [-0.4, -0.2) is 59.7 Å². The van der Waals surface area contributed by atoms with E-state index in [1.54, 1.807) is 40.9 Å². The van der Waals surface area contributed by atoms with Crippen LogP contribution in [0, 0.1) is 13.8 Å². The van der Waals surface area contributed by atoms with Crippen molar-refractivity contribution in [3.05, 3.63) is 47.2 Å². The van der Waals surface area contributed by atoms with Gasteiger partial charge in [0.15, 0.2) is 0 Å². The molecule has 33 heavy (non-hydrogen) atoms. The van der Waals surface area contributed by atoms with Crippen molar-refractivity contribution in [2.24, 2.45) is 0 Å². The number of amides is 4. The Morgan fingerprint density at radius 1 is 1.15 bits per heavy atom. The molecule has 1 fully saturated rings. The number of aromatic nitrogens is 1. The molecule has 0 saturated carbocycles. The van der Waals surface area contributed by atoms with Crippen LogP contribution in [-0.2, 0) is 4.79 Å². The molecular weight excluding hydrogens is 438 g/mol. The van der Waals surface area contributed by atoms with E-state index in [4.69, 9.17) is 0 Å². The predicted octanol–water partition coefficient (Wildman–Crippen LogP) is 3.58. The first-order valence-corrected chi connectivity index (χ1v) is 12.3. The van der Waals surface area contributed by atoms with Crippen molar-refractivity contribution in [1.29, 1.82) is 0 Å². The van der Waals surface area contributed by atoms with E-state index in [0.717, 1.165) is 47.1 Å². The number of rotatable bonds is 6. The zero-order chi connectivity index (χ0) is 23.4. The Hall–Kier alpha value is -3.07. The fraction of sp³-hybridized carbons (Fsp3) is 0.417. The van der Waals surface area contributed by atoms with Gasteiger partial charge >= 0.3 is 6.03 Å². The highest BCUT2D eigenvalue weighted by atomic mass is 32.2. The molecule has 0 atom stereocenters. The van der Waals surface area contributed by atoms with Crippen LogP contribution in [0.5, 0.6) is 0 Å². The number of hydrogen-bond donors (Lipinski definition) is 2. The SMILES string of the molecule is Cc1cc(C)c2c(n1)SCCN2C(=O)Nc1ccc(C(=O)NCCCN2CCCC2=O)cc1. The summed E-state index contributed by atoms with van der Waals surface area (Å²) in [6.07, 6.45) is 2.29. The van der Waals surface area contributed by atoms with Gasteiger partial charge in [-0.15, -0.1) is 11.8 Å². The molecule has 4 rings (SSSR count). The molecule has 0 spiro atoms. The first-order valence-electron chi connectivity index (χ1n) is 11.3. The fourth-order valence-electron chi connectivity index (χ4n) is 4.18. The van der Waals surface area contributed by atoms with Crippen molar-refractivity contribution in [2.75, 3.05) is 42.1 Å². The van der Waals surface area contributed by atoms with Crippen LogP contribution in [0.1, 0.15) is 40.9 Å². The molecule has 3 heterocycles. The standard InChI is InChI=1S/C24H29N5O3S/c1-16-15-17(2)26-23-21(16)29(13-14-33-23)24(32)27-19-8-6-18(7-9-19)22(31)25-10-4-12-28-11-3-5-20(28)30/h6-9,15H,3-5,10-14H2,1-2H3,(H,25,31)(H,27,32). The minimum atomic E-state index is -0.209. The third-order valence-corrected chi connectivity index (χ3v) is 6.75. The maximum atomic E-state index is 13.0. The van der Waals surface area contributed by atoms with Crippen molar-refractivity contribution in [1.82, 2.24) is 15.2 Å². The lowest BCUT2D eigenvalue weighted by molar-refractivity contribution is -0.127. The fourth-order valence-corrected chi connectivity index (χ4v) is 5.27. The number of nitrogens with zero attached hydrogens (tertiary/aromatic N) is 3. The third kappa shape index (κ3) is 5.47. The number of thioether (sulfide) groups is 1. The highest BCUT2D eigenvalue weighted by Gasteiger charge is 2.26. The number of fused-ring (bicyclic) bond motifs is 1. The Bertz CT molecular complexity index is 1060. The largest absolute Gasteiger partial charge is 0.352 e. The summed E-state index contributed by atoms with van der Waals surface area (Å²) < 4.78 is 0. The van der Waals surface area contributed by atoms with Crippen LogP contribution in [0.15, 0.2) is 35.4 Å². The summed E-state index contributed by atoms with van der Waals surface area (Å²) in [6.45, 7) is 6.57. The molecule has 1 aromatic heterocycles. The molecule has 0 radical (unpaired) electrons. The molecule has 1 saturated heterocycles. The average Bonchev–Trinajstić information content (AvgIpc) is 3.21. The smallest absolute Gasteiger partial charge is 0.326 e. The van der Waals surface area contributed by atoms with Crippen molar-refractivity contribution in [3.8, 4) is 0 Å². The van der Waals surface area contributed by atoms with E-state index < -0.39 is 0 Å². The molecule has 0 bridgehead atoms. The van der Waals surface area contributed by atoms with Gasteiger partial charge in [-0.1, -0.05) is 0 Å². The molecule has 8 nitrogen and oxygen atoms in total. The second-order valence-electron chi connectivity index (χ2n) is 8.34. The van der Waals surface area contributed by atoms with Gasteiger partial charge in [0.25, 0.3) is 5.91 Å². The van der Waals surface area contributed by atoms with Gasteiger partial charge in [0.1, 0.15) is 5.03 Å². The molecule has 1 aromatic carbocycles. The second-order valence-corrected chi connectivity index (χ2v) is 9.42. The maximum Gasteiger partial charge on any atom is 0.326 e. The van der Waals surface area contributed by atoms with E-state index in [2.05, 4.69) is 15.6 Å². The Morgan fingerprint density at radius 3 is 2.67 bits per heavy atom. The number of aryl methyl sites for hydroxylation is 2. The molecule has 4 amide bonds. The van der Waals surface area contributed by atoms with Gasteiger partial charge in [-0.3, -0.25) is 14.5 Å². The Morgan fingerprint density at radius 2 is 1.94 bits per heavy atom.